The van der Waals surface area contributed by atoms with Crippen LogP contribution in [0.5, 0.6) is 5.75 Å². The highest BCUT2D eigenvalue weighted by atomic mass is 16.4. The Balaban J connectivity index is 1.76. The van der Waals surface area contributed by atoms with Gasteiger partial charge in [-0.2, -0.15) is 0 Å². The van der Waals surface area contributed by atoms with Crippen LogP contribution in [-0.4, -0.2) is 5.11 Å². The SMILES string of the molecule is CCC(c1ccccc1)c1c(O)cc(CCCc2ccccc2)oc1=O. The van der Waals surface area contributed by atoms with Crippen molar-refractivity contribution >= 4 is 0 Å². The lowest BCUT2D eigenvalue weighted by atomic mass is 9.89. The third-order valence-electron chi connectivity index (χ3n) is 4.71. The zero-order chi connectivity index (χ0) is 18.4. The summed E-state index contributed by atoms with van der Waals surface area (Å²) in [5.74, 6) is 0.410. The van der Waals surface area contributed by atoms with Crippen molar-refractivity contribution in [3.63, 3.8) is 0 Å². The van der Waals surface area contributed by atoms with E-state index >= 15 is 0 Å². The van der Waals surface area contributed by atoms with Crippen molar-refractivity contribution in [2.24, 2.45) is 0 Å². The Kier molecular flexibility index (Phi) is 5.90. The molecule has 0 spiro atoms. The average Bonchev–Trinajstić information content (AvgIpc) is 2.66. The summed E-state index contributed by atoms with van der Waals surface area (Å²) in [5.41, 5.74) is 2.18. The smallest absolute Gasteiger partial charge is 0.343 e. The molecule has 0 bridgehead atoms. The number of hydrogen-bond donors (Lipinski definition) is 1. The van der Waals surface area contributed by atoms with E-state index in [-0.39, 0.29) is 11.7 Å². The zero-order valence-corrected chi connectivity index (χ0v) is 15.0. The van der Waals surface area contributed by atoms with Crippen LogP contribution in [0.15, 0.2) is 75.9 Å². The molecule has 0 saturated carbocycles. The van der Waals surface area contributed by atoms with Crippen LogP contribution in [0.25, 0.3) is 0 Å². The Morgan fingerprint density at radius 1 is 0.962 bits per heavy atom. The van der Waals surface area contributed by atoms with Gasteiger partial charge in [0.2, 0.25) is 0 Å². The number of benzene rings is 2. The molecule has 3 aromatic rings. The maximum absolute atomic E-state index is 12.5. The first-order valence-corrected chi connectivity index (χ1v) is 9.13. The summed E-state index contributed by atoms with van der Waals surface area (Å²) in [4.78, 5) is 12.5. The molecule has 134 valence electrons. The molecule has 1 heterocycles. The molecule has 0 aliphatic carbocycles. The minimum Gasteiger partial charge on any atom is -0.507 e. The predicted octanol–water partition coefficient (Wildman–Crippen LogP) is 5.06. The second-order valence-corrected chi connectivity index (χ2v) is 6.51. The van der Waals surface area contributed by atoms with Crippen molar-refractivity contribution in [1.29, 1.82) is 0 Å². The van der Waals surface area contributed by atoms with Crippen LogP contribution in [0.2, 0.25) is 0 Å². The minimum atomic E-state index is -0.435. The molecular weight excluding hydrogens is 324 g/mol. The lowest BCUT2D eigenvalue weighted by Gasteiger charge is -2.16. The Hall–Kier alpha value is -2.81. The first-order chi connectivity index (χ1) is 12.7. The minimum absolute atomic E-state index is 0.0339. The summed E-state index contributed by atoms with van der Waals surface area (Å²) >= 11 is 0. The van der Waals surface area contributed by atoms with Gasteiger partial charge in [0.15, 0.2) is 0 Å². The molecule has 1 aromatic heterocycles. The molecule has 3 rings (SSSR count). The van der Waals surface area contributed by atoms with E-state index in [9.17, 15) is 9.90 Å². The molecule has 2 aromatic carbocycles. The van der Waals surface area contributed by atoms with Crippen LogP contribution in [-0.2, 0) is 12.8 Å². The van der Waals surface area contributed by atoms with Crippen LogP contribution in [0.1, 0.15) is 48.1 Å². The van der Waals surface area contributed by atoms with E-state index in [1.165, 1.54) is 5.56 Å². The van der Waals surface area contributed by atoms with E-state index < -0.39 is 5.63 Å². The molecule has 3 heteroatoms. The van der Waals surface area contributed by atoms with Gasteiger partial charge < -0.3 is 9.52 Å². The van der Waals surface area contributed by atoms with Gasteiger partial charge in [0.25, 0.3) is 0 Å². The average molecular weight is 348 g/mol. The standard InChI is InChI=1S/C23H24O3/c1-2-20(18-13-7-4-8-14-18)22-21(24)16-19(26-23(22)25)15-9-12-17-10-5-3-6-11-17/h3-8,10-11,13-14,16,20,24H,2,9,12,15H2,1H3. The van der Waals surface area contributed by atoms with E-state index in [1.54, 1.807) is 6.07 Å². The van der Waals surface area contributed by atoms with Gasteiger partial charge >= 0.3 is 5.63 Å². The van der Waals surface area contributed by atoms with E-state index in [4.69, 9.17) is 4.42 Å². The first-order valence-electron chi connectivity index (χ1n) is 9.13. The molecule has 3 nitrogen and oxygen atoms in total. The van der Waals surface area contributed by atoms with Crippen LogP contribution < -0.4 is 5.63 Å². The maximum Gasteiger partial charge on any atom is 0.343 e. The van der Waals surface area contributed by atoms with E-state index in [1.807, 2.05) is 55.5 Å². The quantitative estimate of drug-likeness (QED) is 0.649. The van der Waals surface area contributed by atoms with Crippen LogP contribution in [0.3, 0.4) is 0 Å². The summed E-state index contributed by atoms with van der Waals surface area (Å²) in [7, 11) is 0. The topological polar surface area (TPSA) is 50.4 Å². The number of aromatic hydroxyl groups is 1. The van der Waals surface area contributed by atoms with Crippen molar-refractivity contribution in [3.05, 3.63) is 99.6 Å². The number of hydrogen-bond acceptors (Lipinski definition) is 3. The fraction of sp³-hybridized carbons (Fsp3) is 0.261. The highest BCUT2D eigenvalue weighted by molar-refractivity contribution is 5.39. The summed E-state index contributed by atoms with van der Waals surface area (Å²) in [5, 5.41) is 10.5. The van der Waals surface area contributed by atoms with E-state index in [2.05, 4.69) is 12.1 Å². The van der Waals surface area contributed by atoms with Gasteiger partial charge in [-0.15, -0.1) is 0 Å². The van der Waals surface area contributed by atoms with Crippen molar-refractivity contribution in [2.45, 2.75) is 38.5 Å². The number of aryl methyl sites for hydroxylation is 2. The van der Waals surface area contributed by atoms with E-state index in [0.29, 0.717) is 17.7 Å². The fourth-order valence-electron chi connectivity index (χ4n) is 3.39. The molecular formula is C23H24O3. The zero-order valence-electron chi connectivity index (χ0n) is 15.0. The molecule has 1 unspecified atom stereocenters. The molecule has 26 heavy (non-hydrogen) atoms. The molecule has 0 fully saturated rings. The van der Waals surface area contributed by atoms with Gasteiger partial charge in [0.1, 0.15) is 11.5 Å². The molecule has 0 aliphatic heterocycles. The Labute approximate surface area is 153 Å². The van der Waals surface area contributed by atoms with Crippen molar-refractivity contribution in [2.75, 3.05) is 0 Å². The summed E-state index contributed by atoms with van der Waals surface area (Å²) in [6.45, 7) is 2.00. The second-order valence-electron chi connectivity index (χ2n) is 6.51. The Bertz CT molecular complexity index is 882. The number of rotatable bonds is 7. The lowest BCUT2D eigenvalue weighted by Crippen LogP contribution is -2.14. The van der Waals surface area contributed by atoms with Crippen molar-refractivity contribution in [1.82, 2.24) is 0 Å². The molecule has 1 N–H and O–H groups in total. The van der Waals surface area contributed by atoms with Gasteiger partial charge in [0, 0.05) is 18.4 Å². The molecule has 1 atom stereocenters. The summed E-state index contributed by atoms with van der Waals surface area (Å²) in [6, 6.07) is 21.6. The van der Waals surface area contributed by atoms with Crippen molar-refractivity contribution in [3.8, 4) is 5.75 Å². The summed E-state index contributed by atoms with van der Waals surface area (Å²) < 4.78 is 5.52. The van der Waals surface area contributed by atoms with Gasteiger partial charge in [-0.05, 0) is 30.4 Å². The molecule has 0 radical (unpaired) electrons. The van der Waals surface area contributed by atoms with Gasteiger partial charge in [-0.25, -0.2) is 4.79 Å². The van der Waals surface area contributed by atoms with Gasteiger partial charge in [0.05, 0.1) is 5.56 Å². The third-order valence-corrected chi connectivity index (χ3v) is 4.71. The van der Waals surface area contributed by atoms with Crippen LogP contribution >= 0.6 is 0 Å². The Morgan fingerprint density at radius 2 is 1.62 bits per heavy atom. The van der Waals surface area contributed by atoms with Gasteiger partial charge in [-0.1, -0.05) is 67.6 Å². The largest absolute Gasteiger partial charge is 0.507 e. The lowest BCUT2D eigenvalue weighted by molar-refractivity contribution is 0.404. The van der Waals surface area contributed by atoms with Gasteiger partial charge in [-0.3, -0.25) is 0 Å². The highest BCUT2D eigenvalue weighted by Gasteiger charge is 2.21. The second kappa shape index (κ2) is 8.52. The normalized spacial score (nSPS) is 12.0. The predicted molar refractivity (Wildman–Crippen MR) is 104 cm³/mol. The van der Waals surface area contributed by atoms with Crippen LogP contribution in [0, 0.1) is 0 Å². The third kappa shape index (κ3) is 4.23. The van der Waals surface area contributed by atoms with E-state index in [0.717, 1.165) is 24.8 Å². The Morgan fingerprint density at radius 3 is 2.23 bits per heavy atom. The maximum atomic E-state index is 12.5. The first kappa shape index (κ1) is 18.0. The summed E-state index contributed by atoms with van der Waals surface area (Å²) in [6.07, 6.45) is 3.12. The molecule has 0 saturated heterocycles. The highest BCUT2D eigenvalue weighted by Crippen LogP contribution is 2.31. The molecule has 0 aliphatic rings. The fourth-order valence-corrected chi connectivity index (χ4v) is 3.39. The van der Waals surface area contributed by atoms with Crippen molar-refractivity contribution < 1.29 is 9.52 Å². The van der Waals surface area contributed by atoms with Crippen LogP contribution in [0.4, 0.5) is 0 Å². The molecule has 0 amide bonds. The monoisotopic (exact) mass is 348 g/mol.